The van der Waals surface area contributed by atoms with E-state index >= 15 is 0 Å². The zero-order chi connectivity index (χ0) is 18.6. The van der Waals surface area contributed by atoms with Gasteiger partial charge in [-0.15, -0.1) is 0 Å². The van der Waals surface area contributed by atoms with Crippen molar-refractivity contribution in [3.8, 4) is 11.3 Å². The van der Waals surface area contributed by atoms with Crippen molar-refractivity contribution < 1.29 is 17.7 Å². The molecule has 3 aromatic heterocycles. The van der Waals surface area contributed by atoms with Crippen molar-refractivity contribution in [3.63, 3.8) is 0 Å². The average Bonchev–Trinajstić information content (AvgIpc) is 3.09. The first kappa shape index (κ1) is 17.8. The summed E-state index contributed by atoms with van der Waals surface area (Å²) in [4.78, 5) is 14.0. The highest BCUT2D eigenvalue weighted by atomic mass is 19.4. The minimum absolute atomic E-state index is 0.180. The maximum absolute atomic E-state index is 12.4. The van der Waals surface area contributed by atoms with Crippen molar-refractivity contribution >= 4 is 5.95 Å². The molecule has 0 N–H and O–H groups in total. The van der Waals surface area contributed by atoms with E-state index in [1.165, 1.54) is 12.3 Å². The Hall–Kier alpha value is -2.97. The predicted octanol–water partition coefficient (Wildman–Crippen LogP) is 3.66. The second kappa shape index (κ2) is 7.51. The summed E-state index contributed by atoms with van der Waals surface area (Å²) < 4.78 is 42.4. The van der Waals surface area contributed by atoms with Gasteiger partial charge in [-0.25, -0.2) is 9.97 Å². The molecule has 0 amide bonds. The highest BCUT2D eigenvalue weighted by molar-refractivity contribution is 5.57. The molecule has 6 nitrogen and oxygen atoms in total. The lowest BCUT2D eigenvalue weighted by Gasteiger charge is -2.15. The van der Waals surface area contributed by atoms with Crippen LogP contribution in [0.2, 0.25) is 0 Å². The van der Waals surface area contributed by atoms with Crippen LogP contribution in [0.15, 0.2) is 47.4 Å². The number of hydrogen-bond acceptors (Lipinski definition) is 6. The maximum atomic E-state index is 12.4. The summed E-state index contributed by atoms with van der Waals surface area (Å²) in [5, 5.41) is 4.00. The molecule has 0 saturated carbocycles. The molecule has 0 unspecified atom stereocenters. The summed E-state index contributed by atoms with van der Waals surface area (Å²) in [5.74, 6) is 0.902. The van der Waals surface area contributed by atoms with Crippen LogP contribution >= 0.6 is 0 Å². The van der Waals surface area contributed by atoms with E-state index in [1.54, 1.807) is 36.5 Å². The Kier molecular flexibility index (Phi) is 5.15. The molecule has 0 atom stereocenters. The van der Waals surface area contributed by atoms with Crippen LogP contribution in [0.3, 0.4) is 0 Å². The molecule has 0 saturated heterocycles. The van der Waals surface area contributed by atoms with Gasteiger partial charge >= 0.3 is 6.18 Å². The molecule has 0 aliphatic heterocycles. The number of pyridine rings is 1. The fourth-order valence-electron chi connectivity index (χ4n) is 2.32. The Labute approximate surface area is 147 Å². The number of halogens is 3. The van der Waals surface area contributed by atoms with Gasteiger partial charge in [0.25, 0.3) is 0 Å². The summed E-state index contributed by atoms with van der Waals surface area (Å²) in [6.07, 6.45) is -0.504. The molecule has 0 spiro atoms. The molecule has 9 heteroatoms. The largest absolute Gasteiger partial charge is 0.389 e. The minimum atomic E-state index is -4.21. The van der Waals surface area contributed by atoms with Crippen LogP contribution in [0.1, 0.15) is 17.9 Å². The van der Waals surface area contributed by atoms with E-state index in [0.29, 0.717) is 29.6 Å². The van der Waals surface area contributed by atoms with Crippen LogP contribution in [0.5, 0.6) is 0 Å². The summed E-state index contributed by atoms with van der Waals surface area (Å²) >= 11 is 0. The monoisotopic (exact) mass is 363 g/mol. The smallest absolute Gasteiger partial charge is 0.359 e. The van der Waals surface area contributed by atoms with Gasteiger partial charge in [0.15, 0.2) is 5.76 Å². The van der Waals surface area contributed by atoms with E-state index in [9.17, 15) is 13.2 Å². The van der Waals surface area contributed by atoms with Gasteiger partial charge in [0.05, 0.1) is 6.54 Å². The second-order valence-electron chi connectivity index (χ2n) is 5.74. The molecule has 3 aromatic rings. The Balaban J connectivity index is 1.67. The van der Waals surface area contributed by atoms with E-state index in [4.69, 9.17) is 4.52 Å². The zero-order valence-corrected chi connectivity index (χ0v) is 13.9. The molecule has 136 valence electrons. The van der Waals surface area contributed by atoms with E-state index in [1.807, 2.05) is 6.07 Å². The number of aromatic nitrogens is 4. The molecule has 0 radical (unpaired) electrons. The average molecular weight is 363 g/mol. The fourth-order valence-corrected chi connectivity index (χ4v) is 2.32. The predicted molar refractivity (Wildman–Crippen MR) is 88.2 cm³/mol. The Morgan fingerprint density at radius 2 is 2.04 bits per heavy atom. The molecule has 0 aliphatic rings. The number of nitrogens with zero attached hydrogens (tertiary/aromatic N) is 5. The first-order valence-electron chi connectivity index (χ1n) is 7.86. The van der Waals surface area contributed by atoms with E-state index < -0.39 is 12.6 Å². The van der Waals surface area contributed by atoms with Crippen LogP contribution in [-0.4, -0.2) is 33.3 Å². The first-order chi connectivity index (χ1) is 12.4. The Morgan fingerprint density at radius 3 is 2.77 bits per heavy atom. The van der Waals surface area contributed by atoms with E-state index in [0.717, 1.165) is 5.56 Å². The molecular weight excluding hydrogens is 347 g/mol. The van der Waals surface area contributed by atoms with Crippen molar-refractivity contribution in [1.82, 2.24) is 20.1 Å². The lowest BCUT2D eigenvalue weighted by Crippen LogP contribution is -2.19. The summed E-state index contributed by atoms with van der Waals surface area (Å²) in [5.41, 5.74) is 1.82. The third-order valence-electron chi connectivity index (χ3n) is 3.62. The Morgan fingerprint density at radius 1 is 1.19 bits per heavy atom. The Bertz CT molecular complexity index is 851. The molecular formula is C17H16F3N5O. The molecule has 3 rings (SSSR count). The summed E-state index contributed by atoms with van der Waals surface area (Å²) in [6, 6.07) is 6.93. The van der Waals surface area contributed by atoms with Crippen molar-refractivity contribution in [2.24, 2.45) is 0 Å². The van der Waals surface area contributed by atoms with Crippen LogP contribution in [0.4, 0.5) is 19.1 Å². The normalized spacial score (nSPS) is 11.5. The molecule has 0 aliphatic carbocycles. The number of hydrogen-bond donors (Lipinski definition) is 0. The third-order valence-corrected chi connectivity index (χ3v) is 3.62. The molecule has 0 aromatic carbocycles. The molecule has 3 heterocycles. The zero-order valence-electron chi connectivity index (χ0n) is 13.9. The topological polar surface area (TPSA) is 67.9 Å². The van der Waals surface area contributed by atoms with Gasteiger partial charge in [0.2, 0.25) is 5.95 Å². The second-order valence-corrected chi connectivity index (χ2v) is 5.74. The highest BCUT2D eigenvalue weighted by Gasteiger charge is 2.26. The number of anilines is 1. The maximum Gasteiger partial charge on any atom is 0.389 e. The lowest BCUT2D eigenvalue weighted by molar-refractivity contribution is -0.134. The number of rotatable bonds is 6. The van der Waals surface area contributed by atoms with Gasteiger partial charge < -0.3 is 9.42 Å². The number of alkyl halides is 3. The molecule has 26 heavy (non-hydrogen) atoms. The quantitative estimate of drug-likeness (QED) is 0.666. The van der Waals surface area contributed by atoms with Gasteiger partial charge in [-0.1, -0.05) is 5.16 Å². The summed E-state index contributed by atoms with van der Waals surface area (Å²) in [6.45, 7) is 0.329. The summed E-state index contributed by atoms with van der Waals surface area (Å²) in [7, 11) is 1.73. The lowest BCUT2D eigenvalue weighted by atomic mass is 10.2. The van der Waals surface area contributed by atoms with Gasteiger partial charge in [0.1, 0.15) is 5.69 Å². The first-order valence-corrected chi connectivity index (χ1v) is 7.86. The third kappa shape index (κ3) is 4.78. The van der Waals surface area contributed by atoms with Gasteiger partial charge in [0, 0.05) is 49.4 Å². The van der Waals surface area contributed by atoms with Gasteiger partial charge in [-0.05, 0) is 24.6 Å². The van der Waals surface area contributed by atoms with Crippen LogP contribution in [0.25, 0.3) is 11.3 Å². The molecule has 0 fully saturated rings. The van der Waals surface area contributed by atoms with Gasteiger partial charge in [-0.3, -0.25) is 4.98 Å². The van der Waals surface area contributed by atoms with Gasteiger partial charge in [-0.2, -0.15) is 13.2 Å². The van der Waals surface area contributed by atoms with Crippen molar-refractivity contribution in [2.45, 2.75) is 25.6 Å². The van der Waals surface area contributed by atoms with E-state index in [2.05, 4.69) is 20.1 Å². The van der Waals surface area contributed by atoms with Crippen LogP contribution < -0.4 is 4.90 Å². The SMILES string of the molecule is CN(Cc1cc(-c2cccnc2)no1)c1nccc(CCC(F)(F)F)n1. The minimum Gasteiger partial charge on any atom is -0.359 e. The fraction of sp³-hybridized carbons (Fsp3) is 0.294. The van der Waals surface area contributed by atoms with E-state index in [-0.39, 0.29) is 6.42 Å². The van der Waals surface area contributed by atoms with Crippen molar-refractivity contribution in [3.05, 3.63) is 54.3 Å². The molecule has 0 bridgehead atoms. The number of aryl methyl sites for hydroxylation is 1. The van der Waals surface area contributed by atoms with Crippen LogP contribution in [-0.2, 0) is 13.0 Å². The van der Waals surface area contributed by atoms with Crippen molar-refractivity contribution in [2.75, 3.05) is 11.9 Å². The van der Waals surface area contributed by atoms with Crippen molar-refractivity contribution in [1.29, 1.82) is 0 Å². The standard InChI is InChI=1S/C17H16F3N5O/c1-25(16-22-8-5-13(23-16)4-6-17(18,19)20)11-14-9-15(24-26-14)12-3-2-7-21-10-12/h2-3,5,7-10H,4,6,11H2,1H3. The highest BCUT2D eigenvalue weighted by Crippen LogP contribution is 2.22. The van der Waals surface area contributed by atoms with Crippen LogP contribution in [0, 0.1) is 0 Å².